The van der Waals surface area contributed by atoms with Gasteiger partial charge in [-0.05, 0) is 37.1 Å². The zero-order chi connectivity index (χ0) is 12.3. The van der Waals surface area contributed by atoms with Gasteiger partial charge in [-0.25, -0.2) is 4.98 Å². The molecule has 2 heterocycles. The number of nitrogens with zero attached hydrogens (tertiary/aromatic N) is 1. The number of pyridine rings is 1. The van der Waals surface area contributed by atoms with Gasteiger partial charge in [-0.1, -0.05) is 18.0 Å². The molecule has 1 aromatic rings. The van der Waals surface area contributed by atoms with Crippen molar-refractivity contribution in [1.29, 1.82) is 0 Å². The minimum atomic E-state index is 0.0454. The second-order valence-electron chi connectivity index (χ2n) is 4.20. The molecular weight excluding hydrogens is 256 g/mol. The molecule has 1 aliphatic heterocycles. The summed E-state index contributed by atoms with van der Waals surface area (Å²) in [5.74, 6) is 1.11. The van der Waals surface area contributed by atoms with Crippen molar-refractivity contribution in [2.75, 3.05) is 11.1 Å². The van der Waals surface area contributed by atoms with Crippen molar-refractivity contribution in [3.8, 4) is 0 Å². The molecule has 1 aliphatic rings. The van der Waals surface area contributed by atoms with E-state index in [1.54, 1.807) is 18.0 Å². The van der Waals surface area contributed by atoms with E-state index in [2.05, 4.69) is 10.3 Å². The fourth-order valence-corrected chi connectivity index (χ4v) is 3.15. The van der Waals surface area contributed by atoms with Gasteiger partial charge in [-0.3, -0.25) is 4.79 Å². The minimum Gasteiger partial charge on any atom is -0.322 e. The highest BCUT2D eigenvalue weighted by molar-refractivity contribution is 8.00. The fourth-order valence-electron chi connectivity index (χ4n) is 1.80. The Morgan fingerprint density at radius 2 is 2.41 bits per heavy atom. The van der Waals surface area contributed by atoms with Gasteiger partial charge >= 0.3 is 0 Å². The summed E-state index contributed by atoms with van der Waals surface area (Å²) in [4.78, 5) is 16.0. The van der Waals surface area contributed by atoms with Crippen LogP contribution in [0.5, 0.6) is 0 Å². The van der Waals surface area contributed by atoms with E-state index in [1.165, 1.54) is 6.42 Å². The van der Waals surface area contributed by atoms with Gasteiger partial charge < -0.3 is 5.32 Å². The molecule has 1 amide bonds. The van der Waals surface area contributed by atoms with Gasteiger partial charge in [-0.2, -0.15) is 0 Å². The zero-order valence-corrected chi connectivity index (χ0v) is 11.3. The highest BCUT2D eigenvalue weighted by Crippen LogP contribution is 2.27. The molecule has 0 spiro atoms. The highest BCUT2D eigenvalue weighted by atomic mass is 35.5. The van der Waals surface area contributed by atoms with E-state index in [0.717, 1.165) is 24.2 Å². The first-order chi connectivity index (χ1) is 8.16. The number of nitrogens with one attached hydrogen (secondary N) is 1. The van der Waals surface area contributed by atoms with Crippen LogP contribution in [0.1, 0.15) is 24.8 Å². The molecule has 1 fully saturated rings. The number of hydrogen-bond acceptors (Lipinski definition) is 3. The van der Waals surface area contributed by atoms with E-state index in [-0.39, 0.29) is 11.2 Å². The number of thioether (sulfide) groups is 1. The normalized spacial score (nSPS) is 20.0. The fraction of sp³-hybridized carbons (Fsp3) is 0.500. The van der Waals surface area contributed by atoms with Crippen LogP contribution in [0.2, 0.25) is 5.15 Å². The van der Waals surface area contributed by atoms with Crippen molar-refractivity contribution in [2.24, 2.45) is 0 Å². The van der Waals surface area contributed by atoms with Gasteiger partial charge in [0.2, 0.25) is 5.91 Å². The van der Waals surface area contributed by atoms with Gasteiger partial charge in [0.05, 0.1) is 10.9 Å². The van der Waals surface area contributed by atoms with Crippen molar-refractivity contribution in [1.82, 2.24) is 4.98 Å². The number of carbonyl (C=O) groups excluding carboxylic acids is 1. The molecule has 0 aromatic carbocycles. The third-order valence-electron chi connectivity index (χ3n) is 2.71. The molecule has 1 saturated heterocycles. The summed E-state index contributed by atoms with van der Waals surface area (Å²) in [6.07, 6.45) is 4.98. The van der Waals surface area contributed by atoms with Crippen LogP contribution in [-0.4, -0.2) is 21.9 Å². The van der Waals surface area contributed by atoms with Crippen molar-refractivity contribution in [3.63, 3.8) is 0 Å². The van der Waals surface area contributed by atoms with Gasteiger partial charge in [0.25, 0.3) is 0 Å². The van der Waals surface area contributed by atoms with E-state index < -0.39 is 0 Å². The summed E-state index contributed by atoms with van der Waals surface area (Å²) in [5, 5.41) is 3.27. The maximum Gasteiger partial charge on any atom is 0.237 e. The number of rotatable bonds is 2. The number of halogens is 1. The third kappa shape index (κ3) is 3.36. The lowest BCUT2D eigenvalue weighted by atomic mass is 10.2. The summed E-state index contributed by atoms with van der Waals surface area (Å²) < 4.78 is 0. The average molecular weight is 271 g/mol. The number of hydrogen-bond donors (Lipinski definition) is 1. The second-order valence-corrected chi connectivity index (χ2v) is 5.86. The Labute approximate surface area is 110 Å². The number of aryl methyl sites for hydroxylation is 1. The molecule has 17 heavy (non-hydrogen) atoms. The first-order valence-electron chi connectivity index (χ1n) is 5.71. The van der Waals surface area contributed by atoms with Crippen LogP contribution in [0, 0.1) is 6.92 Å². The number of amides is 1. The summed E-state index contributed by atoms with van der Waals surface area (Å²) >= 11 is 7.67. The van der Waals surface area contributed by atoms with Crippen molar-refractivity contribution in [3.05, 3.63) is 23.0 Å². The molecule has 5 heteroatoms. The lowest BCUT2D eigenvalue weighted by molar-refractivity contribution is -0.115. The monoisotopic (exact) mass is 270 g/mol. The molecule has 0 aliphatic carbocycles. The summed E-state index contributed by atoms with van der Waals surface area (Å²) in [6.45, 7) is 1.92. The van der Waals surface area contributed by atoms with E-state index in [9.17, 15) is 4.79 Å². The zero-order valence-electron chi connectivity index (χ0n) is 9.70. The first-order valence-corrected chi connectivity index (χ1v) is 7.14. The van der Waals surface area contributed by atoms with Crippen LogP contribution in [0.4, 0.5) is 5.69 Å². The van der Waals surface area contributed by atoms with Crippen LogP contribution in [0.3, 0.4) is 0 Å². The summed E-state index contributed by atoms with van der Waals surface area (Å²) in [6, 6.07) is 1.85. The number of aromatic nitrogens is 1. The van der Waals surface area contributed by atoms with Gasteiger partial charge in [0, 0.05) is 6.20 Å². The molecule has 0 radical (unpaired) electrons. The van der Waals surface area contributed by atoms with Crippen molar-refractivity contribution < 1.29 is 4.79 Å². The first kappa shape index (κ1) is 12.7. The van der Waals surface area contributed by atoms with Gasteiger partial charge in [-0.15, -0.1) is 11.8 Å². The lowest BCUT2D eigenvalue weighted by Gasteiger charge is -2.20. The van der Waals surface area contributed by atoms with E-state index >= 15 is 0 Å². The van der Waals surface area contributed by atoms with Gasteiger partial charge in [0.15, 0.2) is 5.15 Å². The third-order valence-corrected chi connectivity index (χ3v) is 4.38. The Hall–Kier alpha value is -0.740. The Bertz CT molecular complexity index is 419. The number of carbonyl (C=O) groups is 1. The van der Waals surface area contributed by atoms with Crippen LogP contribution in [0.25, 0.3) is 0 Å². The Balaban J connectivity index is 2.04. The maximum absolute atomic E-state index is 12.0. The highest BCUT2D eigenvalue weighted by Gasteiger charge is 2.22. The molecule has 92 valence electrons. The van der Waals surface area contributed by atoms with Crippen molar-refractivity contribution >= 4 is 35.0 Å². The molecule has 2 rings (SSSR count). The molecule has 1 aromatic heterocycles. The van der Waals surface area contributed by atoms with E-state index in [1.807, 2.05) is 13.0 Å². The van der Waals surface area contributed by atoms with Crippen molar-refractivity contribution in [2.45, 2.75) is 31.4 Å². The largest absolute Gasteiger partial charge is 0.322 e. The SMILES string of the molecule is Cc1cnc(Cl)c(NC(=O)C2CCCCS2)c1. The molecule has 0 saturated carbocycles. The van der Waals surface area contributed by atoms with E-state index in [4.69, 9.17) is 11.6 Å². The molecule has 1 N–H and O–H groups in total. The second kappa shape index (κ2) is 5.74. The van der Waals surface area contributed by atoms with Crippen LogP contribution in [0.15, 0.2) is 12.3 Å². The summed E-state index contributed by atoms with van der Waals surface area (Å²) in [7, 11) is 0. The predicted octanol–water partition coefficient (Wildman–Crippen LogP) is 3.27. The smallest absolute Gasteiger partial charge is 0.237 e. The molecule has 0 bridgehead atoms. The lowest BCUT2D eigenvalue weighted by Crippen LogP contribution is -2.27. The van der Waals surface area contributed by atoms with E-state index in [0.29, 0.717) is 10.8 Å². The van der Waals surface area contributed by atoms with Crippen LogP contribution in [-0.2, 0) is 4.79 Å². The predicted molar refractivity (Wildman–Crippen MR) is 72.7 cm³/mol. The minimum absolute atomic E-state index is 0.0454. The Morgan fingerprint density at radius 3 is 3.12 bits per heavy atom. The summed E-state index contributed by atoms with van der Waals surface area (Å²) in [5.41, 5.74) is 1.60. The standard InChI is InChI=1S/C12H15ClN2OS/c1-8-6-9(11(13)14-7-8)15-12(16)10-4-2-3-5-17-10/h6-7,10H,2-5H2,1H3,(H,15,16). The number of anilines is 1. The van der Waals surface area contributed by atoms with Gasteiger partial charge in [0.1, 0.15) is 0 Å². The Kier molecular flexibility index (Phi) is 4.29. The average Bonchev–Trinajstić information content (AvgIpc) is 2.35. The molecular formula is C12H15ClN2OS. The molecule has 3 nitrogen and oxygen atoms in total. The van der Waals surface area contributed by atoms with Crippen LogP contribution < -0.4 is 5.32 Å². The maximum atomic E-state index is 12.0. The molecule has 1 unspecified atom stereocenters. The van der Waals surface area contributed by atoms with Crippen LogP contribution >= 0.6 is 23.4 Å². The molecule has 1 atom stereocenters. The Morgan fingerprint density at radius 1 is 1.59 bits per heavy atom. The quantitative estimate of drug-likeness (QED) is 0.839. The topological polar surface area (TPSA) is 42.0 Å².